The lowest BCUT2D eigenvalue weighted by atomic mass is 9.95. The smallest absolute Gasteiger partial charge is 0.270 e. The van der Waals surface area contributed by atoms with E-state index in [1.165, 1.54) is 0 Å². The number of fused-ring (bicyclic) bond motifs is 1. The van der Waals surface area contributed by atoms with E-state index >= 15 is 0 Å². The fourth-order valence-corrected chi connectivity index (χ4v) is 3.70. The number of carbonyl (C=O) groups excluding carboxylic acids is 1. The zero-order valence-corrected chi connectivity index (χ0v) is 14.7. The first-order valence-electron chi connectivity index (χ1n) is 9.12. The molecule has 134 valence electrons. The van der Waals surface area contributed by atoms with Crippen molar-refractivity contribution in [1.82, 2.24) is 19.9 Å². The molecule has 3 N–H and O–H groups in total. The van der Waals surface area contributed by atoms with Gasteiger partial charge in [0.2, 0.25) is 0 Å². The summed E-state index contributed by atoms with van der Waals surface area (Å²) in [4.78, 5) is 26.6. The summed E-state index contributed by atoms with van der Waals surface area (Å²) in [6.07, 6.45) is 7.35. The van der Waals surface area contributed by atoms with Crippen LogP contribution < -0.4 is 5.73 Å². The number of hydrogen-bond donors (Lipinski definition) is 2. The molecule has 6 nitrogen and oxygen atoms in total. The third kappa shape index (κ3) is 3.54. The van der Waals surface area contributed by atoms with E-state index in [0.717, 1.165) is 55.4 Å². The molecule has 1 aromatic carbocycles. The molecule has 0 radical (unpaired) electrons. The molecule has 4 rings (SSSR count). The van der Waals surface area contributed by atoms with Crippen molar-refractivity contribution >= 4 is 22.6 Å². The molecule has 0 bridgehead atoms. The number of anilines is 1. The Hall–Kier alpha value is -2.89. The second-order valence-electron chi connectivity index (χ2n) is 7.00. The molecule has 1 atom stereocenters. The van der Waals surface area contributed by atoms with Crippen molar-refractivity contribution < 1.29 is 4.79 Å². The third-order valence-corrected chi connectivity index (χ3v) is 5.12. The van der Waals surface area contributed by atoms with E-state index in [1.807, 2.05) is 35.2 Å². The number of carbonyl (C=O) groups is 1. The number of likely N-dealkylation sites (tertiary alicyclic amines) is 1. The predicted octanol–water partition coefficient (Wildman–Crippen LogP) is 3.03. The summed E-state index contributed by atoms with van der Waals surface area (Å²) >= 11 is 0. The molecule has 0 aliphatic carbocycles. The van der Waals surface area contributed by atoms with Gasteiger partial charge in [0.1, 0.15) is 11.5 Å². The van der Waals surface area contributed by atoms with Gasteiger partial charge in [0.25, 0.3) is 5.91 Å². The number of aromatic nitrogens is 3. The fourth-order valence-electron chi connectivity index (χ4n) is 3.70. The van der Waals surface area contributed by atoms with Gasteiger partial charge in [0.05, 0.1) is 18.1 Å². The zero-order valence-electron chi connectivity index (χ0n) is 14.7. The van der Waals surface area contributed by atoms with Crippen LogP contribution in [0.15, 0.2) is 42.7 Å². The van der Waals surface area contributed by atoms with Gasteiger partial charge < -0.3 is 15.6 Å². The van der Waals surface area contributed by atoms with Gasteiger partial charge in [-0.1, -0.05) is 18.2 Å². The second kappa shape index (κ2) is 7.15. The number of para-hydroxylation sites is 1. The van der Waals surface area contributed by atoms with Crippen LogP contribution in [0.3, 0.4) is 0 Å². The van der Waals surface area contributed by atoms with Crippen LogP contribution in [0.4, 0.5) is 5.82 Å². The Bertz CT molecular complexity index is 869. The fraction of sp³-hybridized carbons (Fsp3) is 0.350. The highest BCUT2D eigenvalue weighted by Gasteiger charge is 2.23. The second-order valence-corrected chi connectivity index (χ2v) is 7.00. The van der Waals surface area contributed by atoms with Crippen molar-refractivity contribution in [3.8, 4) is 0 Å². The monoisotopic (exact) mass is 349 g/mol. The normalized spacial score (nSPS) is 18.0. The van der Waals surface area contributed by atoms with Crippen LogP contribution >= 0.6 is 0 Å². The maximum Gasteiger partial charge on any atom is 0.270 e. The van der Waals surface area contributed by atoms with Crippen LogP contribution in [-0.2, 0) is 6.42 Å². The number of nitrogens with two attached hydrogens (primary N) is 1. The van der Waals surface area contributed by atoms with Crippen molar-refractivity contribution in [2.75, 3.05) is 18.8 Å². The number of nitrogens with one attached hydrogen (secondary N) is 1. The van der Waals surface area contributed by atoms with Gasteiger partial charge in [-0.3, -0.25) is 9.78 Å². The van der Waals surface area contributed by atoms with Crippen molar-refractivity contribution in [3.63, 3.8) is 0 Å². The standard InChI is InChI=1S/C20H23N5O/c21-19-13-22-16(12-23-19)10-14-4-3-8-25(9-7-14)20(26)18-11-15-5-1-2-6-17(15)24-18/h1-2,5-6,11-14,24H,3-4,7-10H2,(H2,21,23)/t14-/m0/s1. The summed E-state index contributed by atoms with van der Waals surface area (Å²) < 4.78 is 0. The van der Waals surface area contributed by atoms with E-state index in [2.05, 4.69) is 15.0 Å². The van der Waals surface area contributed by atoms with Crippen molar-refractivity contribution in [2.24, 2.45) is 5.92 Å². The molecule has 26 heavy (non-hydrogen) atoms. The van der Waals surface area contributed by atoms with E-state index in [4.69, 9.17) is 5.73 Å². The Labute approximate surface area is 152 Å². The van der Waals surface area contributed by atoms with Crippen molar-refractivity contribution in [1.29, 1.82) is 0 Å². The molecule has 2 aromatic heterocycles. The Morgan fingerprint density at radius 3 is 2.88 bits per heavy atom. The Kier molecular flexibility index (Phi) is 4.56. The molecule has 0 unspecified atom stereocenters. The van der Waals surface area contributed by atoms with Gasteiger partial charge in [0, 0.05) is 24.0 Å². The van der Waals surface area contributed by atoms with Crippen LogP contribution in [0.2, 0.25) is 0 Å². The van der Waals surface area contributed by atoms with Gasteiger partial charge in [-0.25, -0.2) is 4.98 Å². The van der Waals surface area contributed by atoms with Gasteiger partial charge in [-0.05, 0) is 43.7 Å². The highest BCUT2D eigenvalue weighted by molar-refractivity contribution is 5.98. The van der Waals surface area contributed by atoms with Crippen LogP contribution in [-0.4, -0.2) is 38.8 Å². The minimum absolute atomic E-state index is 0.0918. The van der Waals surface area contributed by atoms with Crippen LogP contribution in [0, 0.1) is 5.92 Å². The number of H-pyrrole nitrogens is 1. The summed E-state index contributed by atoms with van der Waals surface area (Å²) in [5, 5.41) is 1.07. The number of hydrogen-bond acceptors (Lipinski definition) is 4. The van der Waals surface area contributed by atoms with E-state index in [0.29, 0.717) is 17.4 Å². The number of amides is 1. The summed E-state index contributed by atoms with van der Waals surface area (Å²) in [5.74, 6) is 1.06. The molecule has 3 aromatic rings. The zero-order chi connectivity index (χ0) is 17.9. The average molecular weight is 349 g/mol. The predicted molar refractivity (Wildman–Crippen MR) is 102 cm³/mol. The Morgan fingerprint density at radius 2 is 2.08 bits per heavy atom. The molecule has 1 fully saturated rings. The lowest BCUT2D eigenvalue weighted by Crippen LogP contribution is -2.32. The summed E-state index contributed by atoms with van der Waals surface area (Å²) in [7, 11) is 0. The lowest BCUT2D eigenvalue weighted by molar-refractivity contribution is 0.0755. The van der Waals surface area contributed by atoms with Gasteiger partial charge in [0.15, 0.2) is 0 Å². The number of nitrogen functional groups attached to an aromatic ring is 1. The van der Waals surface area contributed by atoms with Gasteiger partial charge >= 0.3 is 0 Å². The maximum atomic E-state index is 12.9. The third-order valence-electron chi connectivity index (χ3n) is 5.12. The molecular weight excluding hydrogens is 326 g/mol. The minimum Gasteiger partial charge on any atom is -0.382 e. The molecule has 0 saturated carbocycles. The highest BCUT2D eigenvalue weighted by Crippen LogP contribution is 2.23. The van der Waals surface area contributed by atoms with Crippen molar-refractivity contribution in [3.05, 3.63) is 54.1 Å². The molecule has 1 aliphatic rings. The Balaban J connectivity index is 1.41. The van der Waals surface area contributed by atoms with E-state index in [1.54, 1.807) is 12.4 Å². The minimum atomic E-state index is 0.0918. The Morgan fingerprint density at radius 1 is 1.19 bits per heavy atom. The molecule has 1 amide bonds. The number of rotatable bonds is 3. The van der Waals surface area contributed by atoms with E-state index in [-0.39, 0.29) is 5.91 Å². The first kappa shape index (κ1) is 16.6. The topological polar surface area (TPSA) is 87.9 Å². The maximum absolute atomic E-state index is 12.9. The summed E-state index contributed by atoms with van der Waals surface area (Å²) in [6, 6.07) is 9.93. The molecule has 6 heteroatoms. The highest BCUT2D eigenvalue weighted by atomic mass is 16.2. The van der Waals surface area contributed by atoms with Gasteiger partial charge in [-0.2, -0.15) is 0 Å². The molecule has 1 saturated heterocycles. The molecular formula is C20H23N5O. The van der Waals surface area contributed by atoms with Crippen LogP contribution in [0.25, 0.3) is 10.9 Å². The molecule has 1 aliphatic heterocycles. The summed E-state index contributed by atoms with van der Waals surface area (Å²) in [6.45, 7) is 1.58. The van der Waals surface area contributed by atoms with E-state index in [9.17, 15) is 4.79 Å². The number of aromatic amines is 1. The summed E-state index contributed by atoms with van der Waals surface area (Å²) in [5.41, 5.74) is 8.25. The van der Waals surface area contributed by atoms with Crippen LogP contribution in [0.5, 0.6) is 0 Å². The quantitative estimate of drug-likeness (QED) is 0.761. The SMILES string of the molecule is Nc1cnc(C[C@H]2CCCN(C(=O)c3cc4ccccc4[nH]3)CC2)cn1. The van der Waals surface area contributed by atoms with Crippen LogP contribution in [0.1, 0.15) is 35.4 Å². The number of benzene rings is 1. The van der Waals surface area contributed by atoms with Crippen molar-refractivity contribution in [2.45, 2.75) is 25.7 Å². The number of nitrogens with zero attached hydrogens (tertiary/aromatic N) is 3. The lowest BCUT2D eigenvalue weighted by Gasteiger charge is -2.20. The van der Waals surface area contributed by atoms with Gasteiger partial charge in [-0.15, -0.1) is 0 Å². The average Bonchev–Trinajstić information content (AvgIpc) is 2.96. The first-order valence-corrected chi connectivity index (χ1v) is 9.12. The van der Waals surface area contributed by atoms with E-state index < -0.39 is 0 Å². The molecule has 3 heterocycles. The largest absolute Gasteiger partial charge is 0.382 e. The first-order chi connectivity index (χ1) is 12.7. The molecule has 0 spiro atoms.